The minimum absolute atomic E-state index is 0.190. The molecule has 0 bridgehead atoms. The highest BCUT2D eigenvalue weighted by Gasteiger charge is 2.51. The first-order valence-electron chi connectivity index (χ1n) is 9.40. The molecule has 1 aliphatic heterocycles. The topological polar surface area (TPSA) is 67.9 Å². The summed E-state index contributed by atoms with van der Waals surface area (Å²) in [4.78, 5) is 26.9. The van der Waals surface area contributed by atoms with Crippen molar-refractivity contribution in [1.82, 2.24) is 10.2 Å². The molecule has 1 heterocycles. The maximum atomic E-state index is 13.1. The van der Waals surface area contributed by atoms with Crippen molar-refractivity contribution in [3.63, 3.8) is 0 Å². The maximum absolute atomic E-state index is 13.1. The summed E-state index contributed by atoms with van der Waals surface area (Å²) >= 11 is 0. The van der Waals surface area contributed by atoms with E-state index in [9.17, 15) is 9.59 Å². The lowest BCUT2D eigenvalue weighted by molar-refractivity contribution is -0.132. The van der Waals surface area contributed by atoms with Crippen LogP contribution in [0.3, 0.4) is 0 Å². The van der Waals surface area contributed by atoms with Gasteiger partial charge >= 0.3 is 6.03 Å². The fourth-order valence-electron chi connectivity index (χ4n) is 3.45. The molecule has 28 heavy (non-hydrogen) atoms. The summed E-state index contributed by atoms with van der Waals surface area (Å²) in [6, 6.07) is 12.8. The van der Waals surface area contributed by atoms with Crippen molar-refractivity contribution in [2.45, 2.75) is 32.7 Å². The van der Waals surface area contributed by atoms with E-state index in [1.165, 1.54) is 4.90 Å². The third-order valence-electron chi connectivity index (χ3n) is 5.20. The second kappa shape index (κ2) is 7.92. The van der Waals surface area contributed by atoms with Crippen LogP contribution in [0.15, 0.2) is 42.5 Å². The number of carbonyl (C=O) groups excluding carboxylic acids is 2. The van der Waals surface area contributed by atoms with Crippen LogP contribution in [0.25, 0.3) is 0 Å². The Morgan fingerprint density at radius 1 is 1.07 bits per heavy atom. The fraction of sp³-hybridized carbons (Fsp3) is 0.364. The molecule has 3 amide bonds. The zero-order valence-corrected chi connectivity index (χ0v) is 16.7. The summed E-state index contributed by atoms with van der Waals surface area (Å²) in [5, 5.41) is 2.88. The average molecular weight is 382 g/mol. The molecular weight excluding hydrogens is 356 g/mol. The number of hydrogen-bond donors (Lipinski definition) is 1. The monoisotopic (exact) mass is 382 g/mol. The number of nitrogens with zero attached hydrogens (tertiary/aromatic N) is 1. The Hall–Kier alpha value is -3.02. The Kier molecular flexibility index (Phi) is 5.58. The highest BCUT2D eigenvalue weighted by Crippen LogP contribution is 2.33. The number of imide groups is 1. The molecule has 1 unspecified atom stereocenters. The van der Waals surface area contributed by atoms with Crippen molar-refractivity contribution < 1.29 is 19.1 Å². The van der Waals surface area contributed by atoms with Crippen molar-refractivity contribution in [2.75, 3.05) is 20.3 Å². The van der Waals surface area contributed by atoms with Crippen LogP contribution in [0.4, 0.5) is 4.79 Å². The van der Waals surface area contributed by atoms with Gasteiger partial charge in [-0.15, -0.1) is 0 Å². The van der Waals surface area contributed by atoms with Crippen LogP contribution in [0.2, 0.25) is 0 Å². The Bertz CT molecular complexity index is 879. The molecule has 6 nitrogen and oxygen atoms in total. The van der Waals surface area contributed by atoms with Gasteiger partial charge in [0.2, 0.25) is 0 Å². The predicted molar refractivity (Wildman–Crippen MR) is 107 cm³/mol. The van der Waals surface area contributed by atoms with E-state index < -0.39 is 11.6 Å². The Morgan fingerprint density at radius 2 is 1.79 bits per heavy atom. The van der Waals surface area contributed by atoms with Crippen LogP contribution in [-0.2, 0) is 10.3 Å². The fourth-order valence-corrected chi connectivity index (χ4v) is 3.45. The van der Waals surface area contributed by atoms with Crippen molar-refractivity contribution in [3.8, 4) is 11.5 Å². The van der Waals surface area contributed by atoms with E-state index in [2.05, 4.69) is 5.32 Å². The molecule has 1 aliphatic rings. The van der Waals surface area contributed by atoms with Gasteiger partial charge < -0.3 is 14.8 Å². The highest BCUT2D eigenvalue weighted by atomic mass is 16.5. The molecular formula is C22H26N2O4. The standard InChI is InChI=1S/C22H26N2O4/c1-5-22(17-8-10-18(27-4)11-9-17)20(25)24(21(26)23-22)12-13-28-19-14-15(2)6-7-16(19)3/h6-11,14H,5,12-13H2,1-4H3,(H,23,26). The van der Waals surface area contributed by atoms with Crippen molar-refractivity contribution in [3.05, 3.63) is 59.2 Å². The minimum atomic E-state index is -1.05. The lowest BCUT2D eigenvalue weighted by Gasteiger charge is -2.26. The molecule has 0 aromatic heterocycles. The summed E-state index contributed by atoms with van der Waals surface area (Å²) in [5.74, 6) is 1.21. The van der Waals surface area contributed by atoms with E-state index in [4.69, 9.17) is 9.47 Å². The largest absolute Gasteiger partial charge is 0.497 e. The smallest absolute Gasteiger partial charge is 0.325 e. The minimum Gasteiger partial charge on any atom is -0.497 e. The number of carbonyl (C=O) groups is 2. The molecule has 1 fully saturated rings. The SMILES string of the molecule is CCC1(c2ccc(OC)cc2)NC(=O)N(CCOc2cc(C)ccc2C)C1=O. The first-order valence-corrected chi connectivity index (χ1v) is 9.40. The van der Waals surface area contributed by atoms with Crippen molar-refractivity contribution in [2.24, 2.45) is 0 Å². The summed E-state index contributed by atoms with van der Waals surface area (Å²) in [7, 11) is 1.59. The quantitative estimate of drug-likeness (QED) is 0.744. The molecule has 1 saturated heterocycles. The van der Waals surface area contributed by atoms with Crippen LogP contribution in [0, 0.1) is 13.8 Å². The van der Waals surface area contributed by atoms with Crippen LogP contribution in [0.1, 0.15) is 30.0 Å². The number of ether oxygens (including phenoxy) is 2. The molecule has 0 radical (unpaired) electrons. The average Bonchev–Trinajstić information content (AvgIpc) is 2.95. The van der Waals surface area contributed by atoms with Crippen LogP contribution >= 0.6 is 0 Å². The number of amides is 3. The summed E-state index contributed by atoms with van der Waals surface area (Å²) < 4.78 is 11.0. The normalized spacial score (nSPS) is 18.9. The first-order chi connectivity index (χ1) is 13.4. The van der Waals surface area contributed by atoms with Gasteiger partial charge in [-0.05, 0) is 55.2 Å². The second-order valence-corrected chi connectivity index (χ2v) is 6.99. The van der Waals surface area contributed by atoms with Gasteiger partial charge in [0, 0.05) is 0 Å². The first kappa shape index (κ1) is 19.7. The number of aryl methyl sites for hydroxylation is 2. The van der Waals surface area contributed by atoms with Gasteiger partial charge in [-0.3, -0.25) is 9.69 Å². The highest BCUT2D eigenvalue weighted by molar-refractivity contribution is 6.07. The lowest BCUT2D eigenvalue weighted by Crippen LogP contribution is -2.43. The Labute approximate surface area is 165 Å². The van der Waals surface area contributed by atoms with Gasteiger partial charge in [0.25, 0.3) is 5.91 Å². The molecule has 0 spiro atoms. The van der Waals surface area contributed by atoms with E-state index in [0.717, 1.165) is 22.4 Å². The number of nitrogens with one attached hydrogen (secondary N) is 1. The number of benzene rings is 2. The molecule has 0 saturated carbocycles. The molecule has 2 aromatic carbocycles. The molecule has 0 aliphatic carbocycles. The van der Waals surface area contributed by atoms with Crippen LogP contribution in [-0.4, -0.2) is 37.1 Å². The zero-order valence-electron chi connectivity index (χ0n) is 16.7. The van der Waals surface area contributed by atoms with E-state index in [1.807, 2.05) is 51.1 Å². The Balaban J connectivity index is 1.73. The van der Waals surface area contributed by atoms with Gasteiger partial charge in [0.05, 0.1) is 13.7 Å². The Morgan fingerprint density at radius 3 is 2.43 bits per heavy atom. The predicted octanol–water partition coefficient (Wildman–Crippen LogP) is 3.55. The summed E-state index contributed by atoms with van der Waals surface area (Å²) in [6.07, 6.45) is 0.457. The molecule has 148 valence electrons. The van der Waals surface area contributed by atoms with Crippen LogP contribution in [0.5, 0.6) is 11.5 Å². The van der Waals surface area contributed by atoms with E-state index in [-0.39, 0.29) is 19.1 Å². The van der Waals surface area contributed by atoms with Gasteiger partial charge in [-0.2, -0.15) is 0 Å². The van der Waals surface area contributed by atoms with E-state index in [0.29, 0.717) is 12.2 Å². The number of hydrogen-bond acceptors (Lipinski definition) is 4. The number of methoxy groups -OCH3 is 1. The lowest BCUT2D eigenvalue weighted by atomic mass is 9.87. The van der Waals surface area contributed by atoms with E-state index in [1.54, 1.807) is 19.2 Å². The van der Waals surface area contributed by atoms with Gasteiger partial charge in [-0.1, -0.05) is 31.2 Å². The second-order valence-electron chi connectivity index (χ2n) is 6.99. The third-order valence-corrected chi connectivity index (χ3v) is 5.20. The maximum Gasteiger partial charge on any atom is 0.325 e. The molecule has 3 rings (SSSR count). The van der Waals surface area contributed by atoms with Crippen molar-refractivity contribution >= 4 is 11.9 Å². The molecule has 1 atom stereocenters. The van der Waals surface area contributed by atoms with Gasteiger partial charge in [-0.25, -0.2) is 4.79 Å². The molecule has 2 aromatic rings. The number of urea groups is 1. The van der Waals surface area contributed by atoms with Crippen LogP contribution < -0.4 is 14.8 Å². The van der Waals surface area contributed by atoms with Crippen molar-refractivity contribution in [1.29, 1.82) is 0 Å². The third kappa shape index (κ3) is 3.54. The molecule has 6 heteroatoms. The van der Waals surface area contributed by atoms with E-state index >= 15 is 0 Å². The van der Waals surface area contributed by atoms with Gasteiger partial charge in [0.15, 0.2) is 0 Å². The molecule has 1 N–H and O–H groups in total. The zero-order chi connectivity index (χ0) is 20.3. The van der Waals surface area contributed by atoms with Gasteiger partial charge in [0.1, 0.15) is 23.6 Å². The number of rotatable bonds is 7. The summed E-state index contributed by atoms with van der Waals surface area (Å²) in [5.41, 5.74) is 1.80. The summed E-state index contributed by atoms with van der Waals surface area (Å²) in [6.45, 7) is 6.28.